The van der Waals surface area contributed by atoms with Gasteiger partial charge in [0, 0.05) is 12.5 Å². The molecule has 0 unspecified atom stereocenters. The first-order valence-electron chi connectivity index (χ1n) is 3.68. The van der Waals surface area contributed by atoms with E-state index in [0.717, 1.165) is 0 Å². The van der Waals surface area contributed by atoms with E-state index in [9.17, 15) is 0 Å². The van der Waals surface area contributed by atoms with Gasteiger partial charge in [0.25, 0.3) is 0 Å². The van der Waals surface area contributed by atoms with Crippen LogP contribution in [0.25, 0.3) is 0 Å². The van der Waals surface area contributed by atoms with Gasteiger partial charge in [0.05, 0.1) is 13.6 Å². The van der Waals surface area contributed by atoms with E-state index in [0.29, 0.717) is 0 Å². The molecule has 0 radical (unpaired) electrons. The number of hydrogen-bond donors (Lipinski definition) is 4. The zero-order valence-electron chi connectivity index (χ0n) is 6.44. The van der Waals surface area contributed by atoms with Crippen LogP contribution in [0.3, 0.4) is 0 Å². The molecule has 0 aliphatic heterocycles. The molecule has 0 aromatic carbocycles. The van der Waals surface area contributed by atoms with Crippen molar-refractivity contribution in [3.8, 4) is 0 Å². The minimum Gasteiger partial charge on any atom is -0.396 e. The smallest absolute Gasteiger partial charge is 0.106 e. The Hall–Kier alpha value is -0.160. The van der Waals surface area contributed by atoms with Crippen LogP contribution >= 0.6 is 0 Å². The lowest BCUT2D eigenvalue weighted by atomic mass is 10.1. The van der Waals surface area contributed by atoms with Gasteiger partial charge in [-0.2, -0.15) is 0 Å². The number of rotatable bonds is 1. The number of aliphatic hydroxyl groups is 4. The van der Waals surface area contributed by atoms with Crippen molar-refractivity contribution in [1.82, 2.24) is 0 Å². The van der Waals surface area contributed by atoms with Crippen LogP contribution in [-0.4, -0.2) is 45.3 Å². The number of hydrogen-bond acceptors (Lipinski definition) is 4. The van der Waals surface area contributed by atoms with Crippen LogP contribution in [0.2, 0.25) is 0 Å². The first-order chi connectivity index (χ1) is 4.99. The summed E-state index contributed by atoms with van der Waals surface area (Å²) in [6, 6.07) is 0. The Morgan fingerprint density at radius 3 is 2.10 bits per heavy atom. The summed E-state index contributed by atoms with van der Waals surface area (Å²) in [4.78, 5) is 0. The Labute approximate surface area is 60.1 Å². The summed E-state index contributed by atoms with van der Waals surface area (Å²) in [5, 5.41) is 35.8. The van der Waals surface area contributed by atoms with Crippen LogP contribution in [0, 0.1) is 5.92 Å². The van der Waals surface area contributed by atoms with E-state index in [2.05, 4.69) is 0 Å². The summed E-state index contributed by atoms with van der Waals surface area (Å²) in [5.41, 5.74) is 0. The third-order valence-corrected chi connectivity index (χ3v) is 1.85. The largest absolute Gasteiger partial charge is 0.396 e. The van der Waals surface area contributed by atoms with Crippen molar-refractivity contribution in [1.29, 1.82) is 0 Å². The maximum atomic E-state index is 9.10. The van der Waals surface area contributed by atoms with Crippen LogP contribution in [-0.2, 0) is 0 Å². The van der Waals surface area contributed by atoms with Gasteiger partial charge >= 0.3 is 0 Å². The fourth-order valence-electron chi connectivity index (χ4n) is 1.14. The summed E-state index contributed by atoms with van der Waals surface area (Å²) in [7, 11) is 0. The topological polar surface area (TPSA) is 80.9 Å². The predicted molar refractivity (Wildman–Crippen MR) is 33.2 cm³/mol. The second-order valence-electron chi connectivity index (χ2n) is 2.57. The Kier molecular flexibility index (Phi) is 1.86. The molecule has 1 aliphatic rings. The molecule has 0 aromatic rings. The second kappa shape index (κ2) is 2.84. The molecule has 4 nitrogen and oxygen atoms in total. The average molecular weight is 149 g/mol. The highest BCUT2D eigenvalue weighted by Crippen LogP contribution is 2.25. The lowest BCUT2D eigenvalue weighted by Crippen LogP contribution is -2.31. The molecule has 1 saturated carbocycles. The lowest BCUT2D eigenvalue weighted by Gasteiger charge is -2.12. The van der Waals surface area contributed by atoms with Gasteiger partial charge in [0.15, 0.2) is 0 Å². The molecule has 0 spiro atoms. The minimum atomic E-state index is -2.01. The summed E-state index contributed by atoms with van der Waals surface area (Å²) in [6.07, 6.45) is -4.76. The molecule has 0 saturated heterocycles. The van der Waals surface area contributed by atoms with E-state index in [1.54, 1.807) is 0 Å². The fourth-order valence-corrected chi connectivity index (χ4v) is 1.14. The molecule has 0 heterocycles. The van der Waals surface area contributed by atoms with Crippen LogP contribution in [0.4, 0.5) is 0 Å². The van der Waals surface area contributed by atoms with Crippen molar-refractivity contribution in [2.45, 2.75) is 24.7 Å². The second-order valence-corrected chi connectivity index (χ2v) is 2.57. The van der Waals surface area contributed by atoms with Crippen molar-refractivity contribution in [3.63, 3.8) is 0 Å². The Balaban J connectivity index is 2.69. The maximum Gasteiger partial charge on any atom is 0.106 e. The van der Waals surface area contributed by atoms with Crippen LogP contribution in [0.15, 0.2) is 0 Å². The van der Waals surface area contributed by atoms with Crippen molar-refractivity contribution < 1.29 is 21.8 Å². The van der Waals surface area contributed by atoms with Crippen molar-refractivity contribution >= 4 is 0 Å². The molecule has 1 aliphatic carbocycles. The first kappa shape index (κ1) is 6.54. The zero-order valence-corrected chi connectivity index (χ0v) is 5.44. The van der Waals surface area contributed by atoms with Crippen molar-refractivity contribution in [3.05, 3.63) is 0 Å². The summed E-state index contributed by atoms with van der Waals surface area (Å²) < 4.78 is 7.09. The predicted octanol–water partition coefficient (Wildman–Crippen LogP) is -1.92. The standard InChI is InChI=1S/C6H12O4/c7-2-3-1-4(8)6(10)5(3)9/h3-10H,1-2H2/t3-,4+,5-,6+/m1/s1/i4D. The molecule has 4 atom stereocenters. The Bertz CT molecular complexity index is 150. The Morgan fingerprint density at radius 2 is 1.90 bits per heavy atom. The van der Waals surface area contributed by atoms with Gasteiger partial charge in [-0.15, -0.1) is 0 Å². The summed E-state index contributed by atoms with van der Waals surface area (Å²) in [6.45, 7) is -0.320. The highest BCUT2D eigenvalue weighted by Gasteiger charge is 2.39. The molecule has 4 heteroatoms. The highest BCUT2D eigenvalue weighted by atomic mass is 16.4. The third kappa shape index (κ3) is 1.15. The van der Waals surface area contributed by atoms with E-state index in [4.69, 9.17) is 21.8 Å². The fraction of sp³-hybridized carbons (Fsp3) is 1.00. The Morgan fingerprint density at radius 1 is 1.30 bits per heavy atom. The van der Waals surface area contributed by atoms with Crippen LogP contribution in [0.1, 0.15) is 7.79 Å². The van der Waals surface area contributed by atoms with Gasteiger partial charge in [-0.3, -0.25) is 0 Å². The molecule has 0 amide bonds. The molecule has 1 fully saturated rings. The van der Waals surface area contributed by atoms with Crippen molar-refractivity contribution in [2.75, 3.05) is 6.61 Å². The molecular weight excluding hydrogens is 136 g/mol. The normalized spacial score (nSPS) is 56.8. The quantitative estimate of drug-likeness (QED) is 0.350. The van der Waals surface area contributed by atoms with Gasteiger partial charge in [-0.05, 0) is 6.42 Å². The van der Waals surface area contributed by atoms with E-state index in [1.165, 1.54) is 0 Å². The van der Waals surface area contributed by atoms with E-state index in [1.807, 2.05) is 0 Å². The van der Waals surface area contributed by atoms with E-state index < -0.39 is 24.2 Å². The van der Waals surface area contributed by atoms with Gasteiger partial charge in [-0.1, -0.05) is 0 Å². The van der Waals surface area contributed by atoms with Gasteiger partial charge in [-0.25, -0.2) is 0 Å². The SMILES string of the molecule is [2H][C@]1(O)C[C@H](CO)[C@@H](O)[C@H]1O. The van der Waals surface area contributed by atoms with E-state index in [-0.39, 0.29) is 13.0 Å². The van der Waals surface area contributed by atoms with Gasteiger partial charge in [0.2, 0.25) is 0 Å². The van der Waals surface area contributed by atoms with Gasteiger partial charge < -0.3 is 20.4 Å². The molecular formula is C6H12O4. The van der Waals surface area contributed by atoms with Gasteiger partial charge in [0.1, 0.15) is 6.10 Å². The molecule has 0 bridgehead atoms. The van der Waals surface area contributed by atoms with Crippen molar-refractivity contribution in [2.24, 2.45) is 5.92 Å². The molecule has 60 valence electrons. The maximum absolute atomic E-state index is 9.10. The third-order valence-electron chi connectivity index (χ3n) is 1.85. The molecule has 1 rings (SSSR count). The number of aliphatic hydroxyl groups excluding tert-OH is 3. The molecule has 0 aromatic heterocycles. The monoisotopic (exact) mass is 149 g/mol. The minimum absolute atomic E-state index is 0.0914. The zero-order chi connectivity index (χ0) is 8.65. The summed E-state index contributed by atoms with van der Waals surface area (Å²) in [5.74, 6) is -0.590. The molecule has 10 heavy (non-hydrogen) atoms. The average Bonchev–Trinajstić information content (AvgIpc) is 2.13. The first-order valence-corrected chi connectivity index (χ1v) is 3.18. The molecule has 4 N–H and O–H groups in total. The van der Waals surface area contributed by atoms with Crippen LogP contribution < -0.4 is 0 Å². The highest BCUT2D eigenvalue weighted by molar-refractivity contribution is 4.90. The lowest BCUT2D eigenvalue weighted by molar-refractivity contribution is -0.0302. The summed E-state index contributed by atoms with van der Waals surface area (Å²) >= 11 is 0. The van der Waals surface area contributed by atoms with E-state index >= 15 is 0 Å². The van der Waals surface area contributed by atoms with Crippen LogP contribution in [0.5, 0.6) is 0 Å².